The van der Waals surface area contributed by atoms with Gasteiger partial charge in [-0.3, -0.25) is 4.57 Å². The summed E-state index contributed by atoms with van der Waals surface area (Å²) >= 11 is 0. The molecule has 2 N–H and O–H groups in total. The monoisotopic (exact) mass is 401 g/mol. The van der Waals surface area contributed by atoms with Crippen molar-refractivity contribution in [3.63, 3.8) is 0 Å². The van der Waals surface area contributed by atoms with Crippen molar-refractivity contribution in [3.05, 3.63) is 48.7 Å². The van der Waals surface area contributed by atoms with E-state index in [1.165, 1.54) is 24.7 Å². The lowest BCUT2D eigenvalue weighted by molar-refractivity contribution is 0.0390. The van der Waals surface area contributed by atoms with Gasteiger partial charge in [0.2, 0.25) is 16.2 Å². The lowest BCUT2D eigenvalue weighted by Gasteiger charge is -2.25. The minimum atomic E-state index is -2.40. The van der Waals surface area contributed by atoms with Gasteiger partial charge >= 0.3 is 0 Å². The number of nitrogens with two attached hydrogens (primary N) is 1. The molecule has 4 rings (SSSR count). The summed E-state index contributed by atoms with van der Waals surface area (Å²) in [6.45, 7) is 0.417. The Labute approximate surface area is 161 Å². The normalized spacial score (nSPS) is 16.9. The molecule has 2 aromatic heterocycles. The fourth-order valence-electron chi connectivity index (χ4n) is 3.18. The Kier molecular flexibility index (Phi) is 4.88. The van der Waals surface area contributed by atoms with Crippen LogP contribution in [0.15, 0.2) is 42.9 Å². The van der Waals surface area contributed by atoms with Crippen LogP contribution in [0.5, 0.6) is 0 Å². The van der Waals surface area contributed by atoms with Crippen LogP contribution in [0.1, 0.15) is 19.1 Å². The first kappa shape index (κ1) is 18.3. The van der Waals surface area contributed by atoms with Crippen LogP contribution in [0.25, 0.3) is 22.6 Å². The molecule has 8 nitrogen and oxygen atoms in total. The molecule has 144 valence electrons. The number of nitrogen functional groups attached to an aromatic ring is 1. The third-order valence-corrected chi connectivity index (χ3v) is 5.25. The fourth-order valence-corrected chi connectivity index (χ4v) is 3.83. The number of imidazole rings is 1. The van der Waals surface area contributed by atoms with Gasteiger partial charge in [-0.05, 0) is 43.2 Å². The van der Waals surface area contributed by atoms with Gasteiger partial charge in [0, 0.05) is 18.4 Å². The molecule has 0 bridgehead atoms. The minimum Gasteiger partial charge on any atom is -0.368 e. The minimum absolute atomic E-state index is 0.0662. The van der Waals surface area contributed by atoms with Gasteiger partial charge in [-0.1, -0.05) is 0 Å². The number of rotatable bonds is 3. The molecule has 0 aliphatic carbocycles. The lowest BCUT2D eigenvalue weighted by Crippen LogP contribution is -2.28. The average molecular weight is 401 g/mol. The van der Waals surface area contributed by atoms with E-state index in [-0.39, 0.29) is 16.6 Å². The average Bonchev–Trinajstić information content (AvgIpc) is 3.13. The Morgan fingerprint density at radius 3 is 2.68 bits per heavy atom. The topological polar surface area (TPSA) is 113 Å². The summed E-state index contributed by atoms with van der Waals surface area (Å²) in [5.74, 6) is -0.305. The zero-order valence-corrected chi connectivity index (χ0v) is 15.4. The Morgan fingerprint density at radius 1 is 1.18 bits per heavy atom. The predicted octanol–water partition coefficient (Wildman–Crippen LogP) is 2.09. The van der Waals surface area contributed by atoms with Gasteiger partial charge in [0.25, 0.3) is 0 Å². The molecule has 1 aliphatic heterocycles. The van der Waals surface area contributed by atoms with Crippen molar-refractivity contribution in [2.24, 2.45) is 0 Å². The van der Waals surface area contributed by atoms with Crippen molar-refractivity contribution in [1.82, 2.24) is 19.5 Å². The molecular formula is C18H16FN5O3S. The number of anilines is 1. The van der Waals surface area contributed by atoms with Gasteiger partial charge in [0.1, 0.15) is 5.82 Å². The van der Waals surface area contributed by atoms with Gasteiger partial charge in [-0.25, -0.2) is 19.3 Å². The molecule has 1 unspecified atom stereocenters. The van der Waals surface area contributed by atoms with Crippen LogP contribution in [-0.4, -0.2) is 39.4 Å². The molecule has 10 heteroatoms. The summed E-state index contributed by atoms with van der Waals surface area (Å²) in [5.41, 5.74) is 7.85. The molecule has 1 fully saturated rings. The van der Waals surface area contributed by atoms with E-state index in [2.05, 4.69) is 15.0 Å². The van der Waals surface area contributed by atoms with Gasteiger partial charge in [-0.15, -0.1) is 0 Å². The molecule has 0 spiro atoms. The number of nitrogens with zero attached hydrogens (tertiary/aromatic N) is 4. The Balaban J connectivity index is 1.95. The Bertz CT molecular complexity index is 1150. The third-order valence-electron chi connectivity index (χ3n) is 4.41. The molecule has 3 aromatic rings. The molecule has 1 atom stereocenters. The zero-order chi connectivity index (χ0) is 19.7. The first-order valence-electron chi connectivity index (χ1n) is 8.53. The molecule has 1 aromatic carbocycles. The summed E-state index contributed by atoms with van der Waals surface area (Å²) < 4.78 is 44.2. The SMILES string of the molecule is Nc1nccc(-c2c(-c3ccc(F)cc3)ncn2C2OCCCC2=S(=O)=O)n1. The second-order valence-electron chi connectivity index (χ2n) is 6.18. The summed E-state index contributed by atoms with van der Waals surface area (Å²) in [7, 11) is -2.40. The molecule has 1 aliphatic rings. The molecule has 0 amide bonds. The smallest absolute Gasteiger partial charge is 0.220 e. The highest BCUT2D eigenvalue weighted by molar-refractivity contribution is 7.73. The van der Waals surface area contributed by atoms with E-state index >= 15 is 0 Å². The van der Waals surface area contributed by atoms with Crippen LogP contribution in [0.2, 0.25) is 0 Å². The van der Waals surface area contributed by atoms with Gasteiger partial charge in [0.05, 0.1) is 28.3 Å². The molecule has 0 saturated carbocycles. The number of halogens is 1. The highest BCUT2D eigenvalue weighted by Crippen LogP contribution is 2.34. The van der Waals surface area contributed by atoms with Gasteiger partial charge in [-0.2, -0.15) is 8.42 Å². The second-order valence-corrected chi connectivity index (χ2v) is 7.18. The number of aromatic nitrogens is 4. The molecule has 3 heterocycles. The zero-order valence-electron chi connectivity index (χ0n) is 14.6. The summed E-state index contributed by atoms with van der Waals surface area (Å²) in [4.78, 5) is 12.8. The molecule has 28 heavy (non-hydrogen) atoms. The Morgan fingerprint density at radius 2 is 1.96 bits per heavy atom. The van der Waals surface area contributed by atoms with Crippen molar-refractivity contribution in [1.29, 1.82) is 0 Å². The fraction of sp³-hybridized carbons (Fsp3) is 0.222. The van der Waals surface area contributed by atoms with Crippen molar-refractivity contribution < 1.29 is 17.5 Å². The lowest BCUT2D eigenvalue weighted by atomic mass is 10.1. The molecule has 1 saturated heterocycles. The predicted molar refractivity (Wildman–Crippen MR) is 101 cm³/mol. The van der Waals surface area contributed by atoms with E-state index in [1.807, 2.05) is 0 Å². The summed E-state index contributed by atoms with van der Waals surface area (Å²) in [5, 5.41) is 0. The standard InChI is InChI=1S/C18H16FN5O3S/c19-12-5-3-11(4-6-12)15-16(13-7-8-21-18(20)23-13)24(10-22-15)17-14(28(25)26)2-1-9-27-17/h3-8,10,17H,1-2,9H2,(H2,20,21,23). The number of benzene rings is 1. The van der Waals surface area contributed by atoms with Crippen molar-refractivity contribution in [3.8, 4) is 22.6 Å². The third kappa shape index (κ3) is 3.39. The maximum Gasteiger partial charge on any atom is 0.220 e. The van der Waals surface area contributed by atoms with E-state index in [1.54, 1.807) is 22.8 Å². The van der Waals surface area contributed by atoms with Crippen molar-refractivity contribution in [2.45, 2.75) is 19.1 Å². The van der Waals surface area contributed by atoms with Crippen LogP contribution in [0.3, 0.4) is 0 Å². The summed E-state index contributed by atoms with van der Waals surface area (Å²) in [6.07, 6.45) is 3.18. The maximum atomic E-state index is 13.4. The van der Waals surface area contributed by atoms with E-state index in [9.17, 15) is 12.8 Å². The van der Waals surface area contributed by atoms with Crippen LogP contribution < -0.4 is 5.73 Å². The van der Waals surface area contributed by atoms with E-state index in [0.29, 0.717) is 42.1 Å². The number of ether oxygens (including phenoxy) is 1. The van der Waals surface area contributed by atoms with Gasteiger partial charge in [0.15, 0.2) is 6.23 Å². The number of hydrogen-bond acceptors (Lipinski definition) is 7. The molecule has 0 radical (unpaired) electrons. The van der Waals surface area contributed by atoms with Crippen molar-refractivity contribution in [2.75, 3.05) is 12.3 Å². The van der Waals surface area contributed by atoms with Crippen LogP contribution in [-0.2, 0) is 15.0 Å². The first-order valence-corrected chi connectivity index (χ1v) is 9.60. The van der Waals surface area contributed by atoms with Crippen LogP contribution in [0, 0.1) is 5.82 Å². The highest BCUT2D eigenvalue weighted by Gasteiger charge is 2.29. The van der Waals surface area contributed by atoms with Crippen LogP contribution in [0.4, 0.5) is 10.3 Å². The maximum absolute atomic E-state index is 13.4. The largest absolute Gasteiger partial charge is 0.368 e. The van der Waals surface area contributed by atoms with Crippen molar-refractivity contribution >= 4 is 21.1 Å². The number of hydrogen-bond donors (Lipinski definition) is 1. The van der Waals surface area contributed by atoms with E-state index < -0.39 is 16.5 Å². The van der Waals surface area contributed by atoms with E-state index in [4.69, 9.17) is 10.5 Å². The Hall–Kier alpha value is -3.11. The summed E-state index contributed by atoms with van der Waals surface area (Å²) in [6, 6.07) is 7.48. The first-order chi connectivity index (χ1) is 13.5. The quantitative estimate of drug-likeness (QED) is 0.669. The highest BCUT2D eigenvalue weighted by atomic mass is 32.2. The molecular weight excluding hydrogens is 385 g/mol. The van der Waals surface area contributed by atoms with Gasteiger partial charge < -0.3 is 10.5 Å². The van der Waals surface area contributed by atoms with E-state index in [0.717, 1.165) is 0 Å². The van der Waals surface area contributed by atoms with Crippen LogP contribution >= 0.6 is 0 Å². The second kappa shape index (κ2) is 7.49.